The van der Waals surface area contributed by atoms with Crippen LogP contribution in [-0.4, -0.2) is 19.1 Å². The van der Waals surface area contributed by atoms with Crippen LogP contribution in [0.15, 0.2) is 425 Å². The molecule has 532 valence electrons. The normalized spacial score (nSPS) is 11.7. The van der Waals surface area contributed by atoms with Crippen LogP contribution < -0.4 is 9.80 Å². The number of benzene rings is 19. The summed E-state index contributed by atoms with van der Waals surface area (Å²) in [7, 11) is 0. The number of rotatable bonds is 14. The van der Waals surface area contributed by atoms with E-state index in [0.717, 1.165) is 101 Å². The number of para-hydroxylation sites is 4. The van der Waals surface area contributed by atoms with Crippen molar-refractivity contribution in [1.82, 2.24) is 19.1 Å². The van der Waals surface area contributed by atoms with Gasteiger partial charge in [0.25, 0.3) is 0 Å². The molecule has 22 aromatic rings. The molecular weight excluding hydrogens is 1380 g/mol. The van der Waals surface area contributed by atoms with Crippen LogP contribution in [0.5, 0.6) is 0 Å². The molecule has 3 heterocycles. The summed E-state index contributed by atoms with van der Waals surface area (Å²) in [4.78, 5) is 15.5. The monoisotopic (exact) mass is 1450 g/mol. The third kappa shape index (κ3) is 11.3. The summed E-state index contributed by atoms with van der Waals surface area (Å²) < 4.78 is 4.86. The lowest BCUT2D eigenvalue weighted by Crippen LogP contribution is -2.10. The fourth-order valence-electron chi connectivity index (χ4n) is 17.7. The molecule has 3 aromatic heterocycles. The van der Waals surface area contributed by atoms with E-state index in [0.29, 0.717) is 0 Å². The number of nitrogens with zero attached hydrogens (tertiary/aromatic N) is 6. The lowest BCUT2D eigenvalue weighted by atomic mass is 9.95. The third-order valence-electron chi connectivity index (χ3n) is 23.1. The SMILES string of the molecule is c1ccc(N(c2ccc(-c3nc4ccccc4nc3-c3ccc(N(c4ccccc4)c4ccc(-n5c6ccc(-c7cccc8ccccc78)cc6c6cc(-c7cccc8ccccc78)ccc65)cc4)cc3)cc2)c2ccc(-n3c4ccc(-c5cccc6ccccc56)cc4c4cc(-c5cccc6ccccc56)ccc43)cc2)cc1. The maximum Gasteiger partial charge on any atom is 0.0973 e. The van der Waals surface area contributed by atoms with Gasteiger partial charge in [-0.25, -0.2) is 9.97 Å². The maximum absolute atomic E-state index is 5.44. The van der Waals surface area contributed by atoms with Crippen molar-refractivity contribution < 1.29 is 0 Å². The molecule has 0 radical (unpaired) electrons. The molecule has 0 bridgehead atoms. The van der Waals surface area contributed by atoms with E-state index in [9.17, 15) is 0 Å². The lowest BCUT2D eigenvalue weighted by Gasteiger charge is -2.26. The lowest BCUT2D eigenvalue weighted by molar-refractivity contribution is 1.17. The van der Waals surface area contributed by atoms with Crippen LogP contribution in [0.4, 0.5) is 34.1 Å². The second kappa shape index (κ2) is 27.4. The molecule has 0 saturated carbocycles. The van der Waals surface area contributed by atoms with Crippen LogP contribution in [0, 0.1) is 0 Å². The smallest absolute Gasteiger partial charge is 0.0973 e. The minimum Gasteiger partial charge on any atom is -0.311 e. The molecule has 0 N–H and O–H groups in total. The van der Waals surface area contributed by atoms with Gasteiger partial charge in [-0.2, -0.15) is 0 Å². The zero-order valence-corrected chi connectivity index (χ0v) is 62.1. The highest BCUT2D eigenvalue weighted by molar-refractivity contribution is 6.15. The first kappa shape index (κ1) is 65.8. The summed E-state index contributed by atoms with van der Waals surface area (Å²) in [5.74, 6) is 0. The first-order valence-corrected chi connectivity index (χ1v) is 39.0. The van der Waals surface area contributed by atoms with Crippen molar-refractivity contribution >= 4 is 132 Å². The predicted octanol–water partition coefficient (Wildman–Crippen LogP) is 29.4. The number of aromatic nitrogens is 4. The summed E-state index contributed by atoms with van der Waals surface area (Å²) in [6.07, 6.45) is 0. The molecule has 0 unspecified atom stereocenters. The molecule has 0 saturated heterocycles. The van der Waals surface area contributed by atoms with Gasteiger partial charge >= 0.3 is 0 Å². The average molecular weight is 1450 g/mol. The molecule has 6 nitrogen and oxygen atoms in total. The van der Waals surface area contributed by atoms with Crippen molar-refractivity contribution in [2.24, 2.45) is 0 Å². The van der Waals surface area contributed by atoms with Crippen LogP contribution in [0.1, 0.15) is 0 Å². The van der Waals surface area contributed by atoms with Crippen molar-refractivity contribution in [3.63, 3.8) is 0 Å². The molecule has 114 heavy (non-hydrogen) atoms. The van der Waals surface area contributed by atoms with E-state index in [2.05, 4.69) is 431 Å². The summed E-state index contributed by atoms with van der Waals surface area (Å²) in [5.41, 5.74) is 27.7. The van der Waals surface area contributed by atoms with Gasteiger partial charge in [0.05, 0.1) is 44.5 Å². The molecule has 0 aliphatic rings. The standard InChI is InChI=1S/C108H70N6/c1-3-29-81(30-4-1)111(85-55-59-87(60-56-85)113-103-63-47-77(93-37-17-25-71-21-7-11-33-89(71)93)67-97(103)98-68-78(48-64-104(98)113)94-38-18-26-72-22-8-12-34-90(72)94)83-51-43-75(44-52-83)107-108(110-102-42-16-15-41-101(102)109-107)76-45-53-84(54-46-76)112(82-31-5-2-6-32-82)86-57-61-88(62-58-86)114-105-65-49-79(95-39-19-27-73-23-9-13-35-91(73)95)69-99(105)100-70-80(50-66-106(100)114)96-40-20-28-74-24-10-14-36-92(74)96/h1-70H. The Morgan fingerprint density at radius 3 is 0.711 bits per heavy atom. The zero-order chi connectivity index (χ0) is 75.2. The Morgan fingerprint density at radius 1 is 0.175 bits per heavy atom. The second-order valence-electron chi connectivity index (χ2n) is 29.6. The van der Waals surface area contributed by atoms with Gasteiger partial charge < -0.3 is 18.9 Å². The van der Waals surface area contributed by atoms with Gasteiger partial charge in [0.1, 0.15) is 0 Å². The molecule has 0 fully saturated rings. The Morgan fingerprint density at radius 2 is 0.412 bits per heavy atom. The largest absolute Gasteiger partial charge is 0.311 e. The summed E-state index contributed by atoms with van der Waals surface area (Å²) in [6.45, 7) is 0. The minimum atomic E-state index is 0.804. The number of fused-ring (bicyclic) bond motifs is 11. The van der Waals surface area contributed by atoms with E-state index in [1.807, 2.05) is 12.1 Å². The quantitative estimate of drug-likeness (QED) is 0.109. The van der Waals surface area contributed by atoms with Gasteiger partial charge in [-0.3, -0.25) is 0 Å². The summed E-state index contributed by atoms with van der Waals surface area (Å²) in [6, 6.07) is 154. The molecular formula is C108H70N6. The fourth-order valence-corrected chi connectivity index (χ4v) is 17.7. The highest BCUT2D eigenvalue weighted by Crippen LogP contribution is 2.46. The van der Waals surface area contributed by atoms with Gasteiger partial charge in [-0.15, -0.1) is 0 Å². The molecule has 0 spiro atoms. The number of hydrogen-bond acceptors (Lipinski definition) is 4. The first-order valence-electron chi connectivity index (χ1n) is 39.0. The summed E-state index contributed by atoms with van der Waals surface area (Å²) in [5, 5.41) is 14.7. The van der Waals surface area contributed by atoms with Gasteiger partial charge in [0.15, 0.2) is 0 Å². The van der Waals surface area contributed by atoms with E-state index < -0.39 is 0 Å². The Balaban J connectivity index is 0.600. The van der Waals surface area contributed by atoms with E-state index in [1.165, 1.54) is 109 Å². The summed E-state index contributed by atoms with van der Waals surface area (Å²) >= 11 is 0. The van der Waals surface area contributed by atoms with E-state index >= 15 is 0 Å². The minimum absolute atomic E-state index is 0.804. The average Bonchev–Trinajstić information content (AvgIpc) is 1.57. The number of anilines is 6. The molecule has 0 amide bonds. The van der Waals surface area contributed by atoms with Crippen molar-refractivity contribution in [2.75, 3.05) is 9.80 Å². The van der Waals surface area contributed by atoms with Crippen LogP contribution >= 0.6 is 0 Å². The van der Waals surface area contributed by atoms with Gasteiger partial charge in [-0.1, -0.05) is 267 Å². The van der Waals surface area contributed by atoms with Crippen LogP contribution in [-0.2, 0) is 0 Å². The molecule has 22 rings (SSSR count). The highest BCUT2D eigenvalue weighted by Gasteiger charge is 2.23. The Kier molecular flexibility index (Phi) is 15.8. The predicted molar refractivity (Wildman–Crippen MR) is 480 cm³/mol. The van der Waals surface area contributed by atoms with E-state index in [4.69, 9.17) is 9.97 Å². The van der Waals surface area contributed by atoms with Crippen LogP contribution in [0.25, 0.3) is 176 Å². The van der Waals surface area contributed by atoms with Crippen molar-refractivity contribution in [1.29, 1.82) is 0 Å². The van der Waals surface area contributed by atoms with Crippen molar-refractivity contribution in [3.8, 4) is 78.4 Å². The highest BCUT2D eigenvalue weighted by atomic mass is 15.1. The first-order chi connectivity index (χ1) is 56.5. The number of hydrogen-bond donors (Lipinski definition) is 0. The van der Waals surface area contributed by atoms with Crippen LogP contribution in [0.3, 0.4) is 0 Å². The van der Waals surface area contributed by atoms with Gasteiger partial charge in [0, 0.05) is 78.2 Å². The Bertz CT molecular complexity index is 6770. The van der Waals surface area contributed by atoms with E-state index in [-0.39, 0.29) is 0 Å². The van der Waals surface area contributed by atoms with Crippen molar-refractivity contribution in [2.45, 2.75) is 0 Å². The molecule has 6 heteroatoms. The topological polar surface area (TPSA) is 42.1 Å². The van der Waals surface area contributed by atoms with Crippen molar-refractivity contribution in [3.05, 3.63) is 425 Å². The maximum atomic E-state index is 5.44. The van der Waals surface area contributed by atoms with Crippen LogP contribution in [0.2, 0.25) is 0 Å². The van der Waals surface area contributed by atoms with Gasteiger partial charge in [0.2, 0.25) is 0 Å². The molecule has 0 aliphatic carbocycles. The fraction of sp³-hybridized carbons (Fsp3) is 0. The third-order valence-corrected chi connectivity index (χ3v) is 23.1. The van der Waals surface area contributed by atoms with Gasteiger partial charge in [-0.05, 0) is 245 Å². The Labute approximate surface area is 659 Å². The zero-order valence-electron chi connectivity index (χ0n) is 62.1. The molecule has 19 aromatic carbocycles. The second-order valence-corrected chi connectivity index (χ2v) is 29.6. The molecule has 0 aliphatic heterocycles. The molecule has 0 atom stereocenters. The Hall–Kier alpha value is -15.2. The van der Waals surface area contributed by atoms with E-state index in [1.54, 1.807) is 0 Å².